The van der Waals surface area contributed by atoms with E-state index in [0.717, 1.165) is 34.4 Å². The van der Waals surface area contributed by atoms with Crippen LogP contribution in [0.15, 0.2) is 42.5 Å². The van der Waals surface area contributed by atoms with Gasteiger partial charge in [0.05, 0.1) is 0 Å². The quantitative estimate of drug-likeness (QED) is 0.764. The average molecular weight is 252 g/mol. The zero-order valence-electron chi connectivity index (χ0n) is 11.1. The Morgan fingerprint density at radius 2 is 2.00 bits per heavy atom. The normalized spacial score (nSPS) is 16.8. The number of ketones is 1. The van der Waals surface area contributed by atoms with E-state index in [1.807, 2.05) is 56.3 Å². The van der Waals surface area contributed by atoms with E-state index in [0.29, 0.717) is 0 Å². The minimum Gasteiger partial charge on any atom is -0.490 e. The van der Waals surface area contributed by atoms with Crippen molar-refractivity contribution in [2.24, 2.45) is 0 Å². The predicted octanol–water partition coefficient (Wildman–Crippen LogP) is 3.55. The number of fused-ring (bicyclic) bond motifs is 1. The van der Waals surface area contributed by atoms with Crippen LogP contribution in [0, 0.1) is 6.92 Å². The van der Waals surface area contributed by atoms with E-state index in [2.05, 4.69) is 0 Å². The van der Waals surface area contributed by atoms with Crippen molar-refractivity contribution in [1.82, 2.24) is 0 Å². The molecule has 96 valence electrons. The molecule has 19 heavy (non-hydrogen) atoms. The standard InChI is InChI=1S/C17H16O2/c1-11-5-3-4-6-15(11)17(18)13-7-8-16-14(10-13)9-12(2)19-16/h3-8,10,12H,9H2,1-2H3. The summed E-state index contributed by atoms with van der Waals surface area (Å²) in [6.07, 6.45) is 1.09. The molecule has 0 N–H and O–H groups in total. The monoisotopic (exact) mass is 252 g/mol. The largest absolute Gasteiger partial charge is 0.490 e. The molecule has 0 bridgehead atoms. The van der Waals surface area contributed by atoms with Crippen LogP contribution in [0.1, 0.15) is 34.0 Å². The minimum atomic E-state index is 0.0838. The summed E-state index contributed by atoms with van der Waals surface area (Å²) < 4.78 is 5.66. The smallest absolute Gasteiger partial charge is 0.193 e. The third-order valence-corrected chi connectivity index (χ3v) is 3.55. The molecule has 0 aromatic heterocycles. The summed E-state index contributed by atoms with van der Waals surface area (Å²) >= 11 is 0. The maximum absolute atomic E-state index is 12.5. The zero-order valence-corrected chi connectivity index (χ0v) is 11.1. The Hall–Kier alpha value is -2.09. The Labute approximate surface area is 113 Å². The van der Waals surface area contributed by atoms with Gasteiger partial charge in [0.25, 0.3) is 0 Å². The highest BCUT2D eigenvalue weighted by Gasteiger charge is 2.21. The SMILES string of the molecule is Cc1ccccc1C(=O)c1ccc2c(c1)CC(C)O2. The third kappa shape index (κ3) is 2.14. The first-order valence-electron chi connectivity index (χ1n) is 6.55. The molecule has 0 amide bonds. The van der Waals surface area contributed by atoms with Crippen LogP contribution in [0.4, 0.5) is 0 Å². The first kappa shape index (κ1) is 12.0. The number of benzene rings is 2. The zero-order chi connectivity index (χ0) is 13.4. The summed E-state index contributed by atoms with van der Waals surface area (Å²) in [6.45, 7) is 4.01. The highest BCUT2D eigenvalue weighted by molar-refractivity contribution is 6.10. The highest BCUT2D eigenvalue weighted by atomic mass is 16.5. The van der Waals surface area contributed by atoms with Crippen molar-refractivity contribution >= 4 is 5.78 Å². The number of ether oxygens (including phenoxy) is 1. The molecule has 2 aromatic rings. The second-order valence-electron chi connectivity index (χ2n) is 5.10. The van der Waals surface area contributed by atoms with Crippen molar-refractivity contribution in [3.63, 3.8) is 0 Å². The van der Waals surface area contributed by atoms with Gasteiger partial charge in [0.1, 0.15) is 11.9 Å². The van der Waals surface area contributed by atoms with Crippen molar-refractivity contribution in [3.05, 3.63) is 64.7 Å². The molecule has 2 heteroatoms. The minimum absolute atomic E-state index is 0.0838. The Balaban J connectivity index is 1.98. The molecule has 0 radical (unpaired) electrons. The summed E-state index contributed by atoms with van der Waals surface area (Å²) in [7, 11) is 0. The molecule has 0 saturated carbocycles. The number of carbonyl (C=O) groups excluding carboxylic acids is 1. The van der Waals surface area contributed by atoms with Crippen molar-refractivity contribution < 1.29 is 9.53 Å². The van der Waals surface area contributed by atoms with Crippen LogP contribution in [0.5, 0.6) is 5.75 Å². The van der Waals surface area contributed by atoms with Gasteiger partial charge in [0.15, 0.2) is 5.78 Å². The number of carbonyl (C=O) groups is 1. The van der Waals surface area contributed by atoms with E-state index in [1.165, 1.54) is 0 Å². The average Bonchev–Trinajstić information content (AvgIpc) is 2.77. The summed E-state index contributed by atoms with van der Waals surface area (Å²) in [4.78, 5) is 12.5. The maximum Gasteiger partial charge on any atom is 0.193 e. The fourth-order valence-electron chi connectivity index (χ4n) is 2.55. The second kappa shape index (κ2) is 4.54. The molecule has 1 atom stereocenters. The molecule has 1 aliphatic rings. The van der Waals surface area contributed by atoms with Gasteiger partial charge >= 0.3 is 0 Å². The summed E-state index contributed by atoms with van der Waals surface area (Å²) in [5.41, 5.74) is 3.66. The Morgan fingerprint density at radius 1 is 1.21 bits per heavy atom. The van der Waals surface area contributed by atoms with Gasteiger partial charge in [0.2, 0.25) is 0 Å². The van der Waals surface area contributed by atoms with E-state index in [-0.39, 0.29) is 11.9 Å². The van der Waals surface area contributed by atoms with Crippen LogP contribution in [0.25, 0.3) is 0 Å². The molecular formula is C17H16O2. The third-order valence-electron chi connectivity index (χ3n) is 3.55. The summed E-state index contributed by atoms with van der Waals surface area (Å²) in [6, 6.07) is 13.4. The van der Waals surface area contributed by atoms with Gasteiger partial charge in [-0.25, -0.2) is 0 Å². The van der Waals surface area contributed by atoms with Crippen LogP contribution < -0.4 is 4.74 Å². The van der Waals surface area contributed by atoms with Crippen LogP contribution in [-0.4, -0.2) is 11.9 Å². The van der Waals surface area contributed by atoms with Crippen LogP contribution in [0.3, 0.4) is 0 Å². The van der Waals surface area contributed by atoms with Crippen LogP contribution in [-0.2, 0) is 6.42 Å². The van der Waals surface area contributed by atoms with Crippen molar-refractivity contribution in [2.45, 2.75) is 26.4 Å². The fourth-order valence-corrected chi connectivity index (χ4v) is 2.55. The molecule has 3 rings (SSSR count). The lowest BCUT2D eigenvalue weighted by molar-refractivity contribution is 0.103. The topological polar surface area (TPSA) is 26.3 Å². The maximum atomic E-state index is 12.5. The first-order valence-corrected chi connectivity index (χ1v) is 6.55. The molecular weight excluding hydrogens is 236 g/mol. The van der Waals surface area contributed by atoms with Gasteiger partial charge in [-0.3, -0.25) is 4.79 Å². The molecule has 1 heterocycles. The fraction of sp³-hybridized carbons (Fsp3) is 0.235. The molecule has 0 aliphatic carbocycles. The van der Waals surface area contributed by atoms with Gasteiger partial charge in [-0.05, 0) is 43.2 Å². The lowest BCUT2D eigenvalue weighted by atomic mass is 9.97. The number of aryl methyl sites for hydroxylation is 1. The summed E-state index contributed by atoms with van der Waals surface area (Å²) in [5.74, 6) is 0.995. The Bertz CT molecular complexity index is 643. The van der Waals surface area contributed by atoms with Gasteiger partial charge in [-0.15, -0.1) is 0 Å². The van der Waals surface area contributed by atoms with E-state index < -0.39 is 0 Å². The predicted molar refractivity (Wildman–Crippen MR) is 74.8 cm³/mol. The molecule has 0 saturated heterocycles. The number of hydrogen-bond acceptors (Lipinski definition) is 2. The highest BCUT2D eigenvalue weighted by Crippen LogP contribution is 2.30. The van der Waals surface area contributed by atoms with Gasteiger partial charge in [-0.1, -0.05) is 24.3 Å². The molecule has 0 spiro atoms. The van der Waals surface area contributed by atoms with Crippen molar-refractivity contribution in [3.8, 4) is 5.75 Å². The molecule has 0 fully saturated rings. The van der Waals surface area contributed by atoms with Gasteiger partial charge in [0, 0.05) is 17.5 Å². The lowest BCUT2D eigenvalue weighted by Crippen LogP contribution is -2.05. The molecule has 2 nitrogen and oxygen atoms in total. The van der Waals surface area contributed by atoms with Crippen LogP contribution in [0.2, 0.25) is 0 Å². The molecule has 2 aromatic carbocycles. The number of rotatable bonds is 2. The first-order chi connectivity index (χ1) is 9.15. The lowest BCUT2D eigenvalue weighted by Gasteiger charge is -2.06. The van der Waals surface area contributed by atoms with Gasteiger partial charge < -0.3 is 4.74 Å². The Morgan fingerprint density at radius 3 is 2.79 bits per heavy atom. The van der Waals surface area contributed by atoms with E-state index >= 15 is 0 Å². The van der Waals surface area contributed by atoms with E-state index in [9.17, 15) is 4.79 Å². The van der Waals surface area contributed by atoms with Crippen molar-refractivity contribution in [2.75, 3.05) is 0 Å². The second-order valence-corrected chi connectivity index (χ2v) is 5.10. The van der Waals surface area contributed by atoms with E-state index in [4.69, 9.17) is 4.74 Å². The molecule has 1 unspecified atom stereocenters. The number of hydrogen-bond donors (Lipinski definition) is 0. The Kier molecular flexibility index (Phi) is 2.86. The van der Waals surface area contributed by atoms with E-state index in [1.54, 1.807) is 0 Å². The van der Waals surface area contributed by atoms with Crippen LogP contribution >= 0.6 is 0 Å². The van der Waals surface area contributed by atoms with Crippen molar-refractivity contribution in [1.29, 1.82) is 0 Å². The molecule has 1 aliphatic heterocycles. The summed E-state index contributed by atoms with van der Waals surface area (Å²) in [5, 5.41) is 0. The van der Waals surface area contributed by atoms with Gasteiger partial charge in [-0.2, -0.15) is 0 Å².